The van der Waals surface area contributed by atoms with Gasteiger partial charge in [0.1, 0.15) is 23.9 Å². The van der Waals surface area contributed by atoms with E-state index in [0.717, 1.165) is 37.0 Å². The number of fused-ring (bicyclic) bond motifs is 1. The molecule has 0 spiro atoms. The van der Waals surface area contributed by atoms with E-state index >= 15 is 0 Å². The molecule has 0 atom stereocenters. The molecule has 0 radical (unpaired) electrons. The van der Waals surface area contributed by atoms with Gasteiger partial charge in [-0.05, 0) is 62.6 Å². The molecule has 2 aliphatic heterocycles. The van der Waals surface area contributed by atoms with Gasteiger partial charge in [0.05, 0.1) is 5.54 Å². The summed E-state index contributed by atoms with van der Waals surface area (Å²) in [5.41, 5.74) is 0.0682. The van der Waals surface area contributed by atoms with Crippen LogP contribution in [0.3, 0.4) is 0 Å². The fourth-order valence-electron chi connectivity index (χ4n) is 3.95. The van der Waals surface area contributed by atoms with Gasteiger partial charge in [0.25, 0.3) is 5.91 Å². The van der Waals surface area contributed by atoms with Crippen LogP contribution in [0.1, 0.15) is 49.0 Å². The third-order valence-corrected chi connectivity index (χ3v) is 7.73. The summed E-state index contributed by atoms with van der Waals surface area (Å²) < 4.78 is 52.8. The van der Waals surface area contributed by atoms with Crippen molar-refractivity contribution in [2.45, 2.75) is 43.5 Å². The first-order valence-electron chi connectivity index (χ1n) is 10.7. The lowest BCUT2D eigenvalue weighted by atomic mass is 9.93. The molecule has 0 aromatic heterocycles. The van der Waals surface area contributed by atoms with Gasteiger partial charge in [-0.3, -0.25) is 4.79 Å². The molecule has 2 aromatic rings. The third-order valence-electron chi connectivity index (χ3n) is 5.82. The maximum atomic E-state index is 14.5. The van der Waals surface area contributed by atoms with E-state index in [1.165, 1.54) is 10.4 Å². The normalized spacial score (nSPS) is 17.1. The Morgan fingerprint density at radius 1 is 1.00 bits per heavy atom. The van der Waals surface area contributed by atoms with E-state index in [1.54, 1.807) is 6.07 Å². The van der Waals surface area contributed by atoms with E-state index in [9.17, 15) is 17.6 Å². The average Bonchev–Trinajstić information content (AvgIpc) is 2.79. The van der Waals surface area contributed by atoms with Gasteiger partial charge in [-0.15, -0.1) is 0 Å². The topological polar surface area (TPSA) is 84.9 Å². The predicted octanol–water partition coefficient (Wildman–Crippen LogP) is 3.44. The van der Waals surface area contributed by atoms with Crippen LogP contribution in [0.15, 0.2) is 41.3 Å². The Bertz CT molecular complexity index is 1130. The summed E-state index contributed by atoms with van der Waals surface area (Å²) >= 11 is 0. The van der Waals surface area contributed by atoms with Crippen molar-refractivity contribution in [3.05, 3.63) is 53.3 Å². The summed E-state index contributed by atoms with van der Waals surface area (Å²) in [6, 6.07) is 8.88. The number of benzene rings is 2. The van der Waals surface area contributed by atoms with E-state index in [4.69, 9.17) is 9.47 Å². The number of carbonyl (C=O) groups excluding carboxylic acids is 1. The molecule has 0 bridgehead atoms. The van der Waals surface area contributed by atoms with E-state index in [2.05, 4.69) is 5.32 Å². The summed E-state index contributed by atoms with van der Waals surface area (Å²) in [5, 5.41) is 2.91. The van der Waals surface area contributed by atoms with E-state index < -0.39 is 32.2 Å². The summed E-state index contributed by atoms with van der Waals surface area (Å²) in [4.78, 5) is 12.5. The molecule has 0 saturated carbocycles. The monoisotopic (exact) mass is 462 g/mol. The van der Waals surface area contributed by atoms with Crippen LogP contribution in [-0.2, 0) is 15.6 Å². The molecule has 2 heterocycles. The van der Waals surface area contributed by atoms with Crippen molar-refractivity contribution in [2.75, 3.05) is 26.3 Å². The number of piperidine rings is 1. The highest BCUT2D eigenvalue weighted by Gasteiger charge is 2.31. The standard InChI is InChI=1S/C23H27FN2O5S/c1-23(2,17-7-9-19-20(15-17)31-13-12-30-19)25-22(27)16-6-8-18(24)21(14-16)32(28,29)26-10-4-3-5-11-26/h6-9,14-15H,3-5,10-13H2,1-2H3,(H,25,27). The van der Waals surface area contributed by atoms with Crippen molar-refractivity contribution < 1.29 is 27.1 Å². The van der Waals surface area contributed by atoms with E-state index in [-0.39, 0.29) is 5.56 Å². The summed E-state index contributed by atoms with van der Waals surface area (Å²) in [5.74, 6) is -0.112. The zero-order valence-electron chi connectivity index (χ0n) is 18.2. The second kappa shape index (κ2) is 8.71. The van der Waals surface area contributed by atoms with Gasteiger partial charge in [-0.25, -0.2) is 12.8 Å². The van der Waals surface area contributed by atoms with Gasteiger partial charge in [0, 0.05) is 18.7 Å². The van der Waals surface area contributed by atoms with E-state index in [1.807, 2.05) is 26.0 Å². The van der Waals surface area contributed by atoms with Crippen LogP contribution < -0.4 is 14.8 Å². The Morgan fingerprint density at radius 2 is 1.69 bits per heavy atom. The molecule has 32 heavy (non-hydrogen) atoms. The zero-order chi connectivity index (χ0) is 22.9. The third kappa shape index (κ3) is 4.45. The Kier molecular flexibility index (Phi) is 6.13. The minimum absolute atomic E-state index is 0.0765. The van der Waals surface area contributed by atoms with Crippen molar-refractivity contribution in [3.63, 3.8) is 0 Å². The van der Waals surface area contributed by atoms with Gasteiger partial charge >= 0.3 is 0 Å². The Morgan fingerprint density at radius 3 is 2.41 bits per heavy atom. The molecule has 9 heteroatoms. The predicted molar refractivity (Wildman–Crippen MR) is 117 cm³/mol. The highest BCUT2D eigenvalue weighted by molar-refractivity contribution is 7.89. The largest absolute Gasteiger partial charge is 0.486 e. The first kappa shape index (κ1) is 22.5. The van der Waals surface area contributed by atoms with Gasteiger partial charge in [0.15, 0.2) is 11.5 Å². The van der Waals surface area contributed by atoms with Crippen LogP contribution in [0.2, 0.25) is 0 Å². The lowest BCUT2D eigenvalue weighted by Crippen LogP contribution is -2.41. The molecule has 1 amide bonds. The second-order valence-corrected chi connectivity index (χ2v) is 10.5. The maximum Gasteiger partial charge on any atom is 0.252 e. The minimum atomic E-state index is -4.01. The molecule has 172 valence electrons. The second-order valence-electron chi connectivity index (χ2n) is 8.55. The van der Waals surface area contributed by atoms with Gasteiger partial charge in [0.2, 0.25) is 10.0 Å². The van der Waals surface area contributed by atoms with E-state index in [0.29, 0.717) is 37.8 Å². The number of halogens is 1. The SMILES string of the molecule is CC(C)(NC(=O)c1ccc(F)c(S(=O)(=O)N2CCCCC2)c1)c1ccc2c(c1)OCCO2. The molecule has 0 aliphatic carbocycles. The quantitative estimate of drug-likeness (QED) is 0.736. The minimum Gasteiger partial charge on any atom is -0.486 e. The Balaban J connectivity index is 1.57. The molecule has 7 nitrogen and oxygen atoms in total. The van der Waals surface area contributed by atoms with Crippen molar-refractivity contribution in [3.8, 4) is 11.5 Å². The van der Waals surface area contributed by atoms with Crippen LogP contribution in [0.4, 0.5) is 4.39 Å². The fourth-order valence-corrected chi connectivity index (χ4v) is 5.55. The van der Waals surface area contributed by atoms with Gasteiger partial charge in [-0.2, -0.15) is 4.31 Å². The molecule has 1 N–H and O–H groups in total. The first-order valence-corrected chi connectivity index (χ1v) is 12.1. The highest BCUT2D eigenvalue weighted by Crippen LogP contribution is 2.34. The van der Waals surface area contributed by atoms with Crippen molar-refractivity contribution in [2.24, 2.45) is 0 Å². The number of hydrogen-bond acceptors (Lipinski definition) is 5. The molecule has 2 aliphatic rings. The molecule has 1 fully saturated rings. The maximum absolute atomic E-state index is 14.5. The van der Waals surface area contributed by atoms with Crippen molar-refractivity contribution in [1.29, 1.82) is 0 Å². The van der Waals surface area contributed by atoms with Crippen LogP contribution in [0.25, 0.3) is 0 Å². The van der Waals surface area contributed by atoms with Crippen LogP contribution in [-0.4, -0.2) is 44.9 Å². The lowest BCUT2D eigenvalue weighted by molar-refractivity contribution is 0.0911. The number of sulfonamides is 1. The number of hydrogen-bond donors (Lipinski definition) is 1. The molecular formula is C23H27FN2O5S. The Labute approximate surface area is 187 Å². The number of nitrogens with one attached hydrogen (secondary N) is 1. The first-order chi connectivity index (χ1) is 15.2. The van der Waals surface area contributed by atoms with Gasteiger partial charge < -0.3 is 14.8 Å². The summed E-state index contributed by atoms with van der Waals surface area (Å²) in [6.07, 6.45) is 2.43. The van der Waals surface area contributed by atoms with Crippen molar-refractivity contribution in [1.82, 2.24) is 9.62 Å². The van der Waals surface area contributed by atoms with Crippen molar-refractivity contribution >= 4 is 15.9 Å². The smallest absolute Gasteiger partial charge is 0.252 e. The molecule has 2 aromatic carbocycles. The number of carbonyl (C=O) groups is 1. The summed E-state index contributed by atoms with van der Waals surface area (Å²) in [7, 11) is -4.01. The fraction of sp³-hybridized carbons (Fsp3) is 0.435. The molecular weight excluding hydrogens is 435 g/mol. The average molecular weight is 463 g/mol. The zero-order valence-corrected chi connectivity index (χ0v) is 19.0. The number of amides is 1. The molecule has 4 rings (SSSR count). The van der Waals surface area contributed by atoms with Crippen LogP contribution >= 0.6 is 0 Å². The highest BCUT2D eigenvalue weighted by atomic mass is 32.2. The Hall–Kier alpha value is -2.65. The van der Waals surface area contributed by atoms with Crippen LogP contribution in [0.5, 0.6) is 11.5 Å². The van der Waals surface area contributed by atoms with Crippen LogP contribution in [0, 0.1) is 5.82 Å². The number of ether oxygens (including phenoxy) is 2. The number of nitrogens with zero attached hydrogens (tertiary/aromatic N) is 1. The lowest BCUT2D eigenvalue weighted by Gasteiger charge is -2.29. The number of rotatable bonds is 5. The van der Waals surface area contributed by atoms with Gasteiger partial charge in [-0.1, -0.05) is 12.5 Å². The molecule has 1 saturated heterocycles. The molecule has 0 unspecified atom stereocenters. The summed E-state index contributed by atoms with van der Waals surface area (Å²) in [6.45, 7) is 5.30.